The van der Waals surface area contributed by atoms with E-state index in [1.165, 1.54) is 16.7 Å². The van der Waals surface area contributed by atoms with Gasteiger partial charge in [-0.15, -0.1) is 11.3 Å². The maximum Gasteiger partial charge on any atom is 0.270 e. The summed E-state index contributed by atoms with van der Waals surface area (Å²) in [5.41, 5.74) is 6.20. The molecule has 1 N–H and O–H groups in total. The van der Waals surface area contributed by atoms with Crippen molar-refractivity contribution >= 4 is 17.2 Å². The number of aryl methyl sites for hydroxylation is 2. The summed E-state index contributed by atoms with van der Waals surface area (Å²) in [6.45, 7) is 5.94. The second-order valence-electron chi connectivity index (χ2n) is 6.66. The lowest BCUT2D eigenvalue weighted by Crippen LogP contribution is -2.27. The maximum absolute atomic E-state index is 12.5. The first kappa shape index (κ1) is 16.1. The van der Waals surface area contributed by atoms with Gasteiger partial charge in [0.05, 0.1) is 5.69 Å². The zero-order valence-electron chi connectivity index (χ0n) is 14.5. The highest BCUT2D eigenvalue weighted by Gasteiger charge is 2.21. The van der Waals surface area contributed by atoms with Crippen LogP contribution in [0.15, 0.2) is 35.8 Å². The van der Waals surface area contributed by atoms with E-state index in [4.69, 9.17) is 4.98 Å². The van der Waals surface area contributed by atoms with E-state index in [-0.39, 0.29) is 5.91 Å². The molecule has 1 aliphatic rings. The summed E-state index contributed by atoms with van der Waals surface area (Å²) in [6.07, 6.45) is 4.08. The summed E-state index contributed by atoms with van der Waals surface area (Å²) in [5, 5.41) is 3.07. The van der Waals surface area contributed by atoms with Gasteiger partial charge in [-0.1, -0.05) is 23.8 Å². The highest BCUT2D eigenvalue weighted by molar-refractivity contribution is 7.13. The van der Waals surface area contributed by atoms with Crippen molar-refractivity contribution in [3.05, 3.63) is 52.7 Å². The van der Waals surface area contributed by atoms with Crippen LogP contribution >= 0.6 is 11.3 Å². The molecule has 128 valence electrons. The highest BCUT2D eigenvalue weighted by atomic mass is 32.1. The molecular weight excluding hydrogens is 330 g/mol. The van der Waals surface area contributed by atoms with Crippen LogP contribution in [0.3, 0.4) is 0 Å². The molecule has 0 saturated carbocycles. The van der Waals surface area contributed by atoms with Crippen LogP contribution in [0.4, 0.5) is 0 Å². The van der Waals surface area contributed by atoms with Gasteiger partial charge >= 0.3 is 0 Å². The lowest BCUT2D eigenvalue weighted by molar-refractivity contribution is 0.0788. The van der Waals surface area contributed by atoms with Gasteiger partial charge < -0.3 is 9.88 Å². The van der Waals surface area contributed by atoms with Gasteiger partial charge in [0.1, 0.15) is 10.7 Å². The minimum absolute atomic E-state index is 0.0913. The molecule has 3 heterocycles. The van der Waals surface area contributed by atoms with Crippen LogP contribution in [0, 0.1) is 13.8 Å². The van der Waals surface area contributed by atoms with Crippen LogP contribution in [0.25, 0.3) is 21.8 Å². The molecule has 3 aromatic rings. The Bertz CT molecular complexity index is 919. The van der Waals surface area contributed by atoms with Crippen LogP contribution < -0.4 is 0 Å². The third-order valence-electron chi connectivity index (χ3n) is 4.72. The predicted molar refractivity (Wildman–Crippen MR) is 102 cm³/mol. The Morgan fingerprint density at radius 3 is 2.76 bits per heavy atom. The molecule has 1 aromatic carbocycles. The Kier molecular flexibility index (Phi) is 4.17. The van der Waals surface area contributed by atoms with E-state index in [0.29, 0.717) is 5.69 Å². The zero-order chi connectivity index (χ0) is 17.4. The van der Waals surface area contributed by atoms with E-state index in [1.54, 1.807) is 11.3 Å². The van der Waals surface area contributed by atoms with Crippen molar-refractivity contribution in [1.29, 1.82) is 0 Å². The molecule has 0 radical (unpaired) electrons. The molecule has 1 aliphatic heterocycles. The number of nitrogens with one attached hydrogen (secondary N) is 1. The first-order valence-electron chi connectivity index (χ1n) is 8.63. The summed E-state index contributed by atoms with van der Waals surface area (Å²) in [5.74, 6) is 0.0913. The molecule has 0 aliphatic carbocycles. The molecule has 0 unspecified atom stereocenters. The Labute approximate surface area is 151 Å². The predicted octanol–water partition coefficient (Wildman–Crippen LogP) is 4.66. The molecule has 2 aromatic heterocycles. The fourth-order valence-corrected chi connectivity index (χ4v) is 4.26. The average molecular weight is 351 g/mol. The second kappa shape index (κ2) is 6.48. The number of hydrogen-bond donors (Lipinski definition) is 1. The number of carbonyl (C=O) groups excluding carboxylic acids is 1. The third kappa shape index (κ3) is 3.12. The molecule has 25 heavy (non-hydrogen) atoms. The van der Waals surface area contributed by atoms with E-state index in [2.05, 4.69) is 42.4 Å². The lowest BCUT2D eigenvalue weighted by Gasteiger charge is -2.13. The van der Waals surface area contributed by atoms with Crippen molar-refractivity contribution < 1.29 is 4.79 Å². The number of aromatic amines is 1. The Morgan fingerprint density at radius 1 is 1.20 bits per heavy atom. The van der Waals surface area contributed by atoms with Crippen molar-refractivity contribution in [3.8, 4) is 21.8 Å². The summed E-state index contributed by atoms with van der Waals surface area (Å²) >= 11 is 1.64. The lowest BCUT2D eigenvalue weighted by atomic mass is 10.1. The molecule has 1 amide bonds. The number of likely N-dealkylation sites (tertiary alicyclic amines) is 1. The minimum atomic E-state index is 0.0913. The van der Waals surface area contributed by atoms with Crippen LogP contribution in [-0.2, 0) is 0 Å². The topological polar surface area (TPSA) is 49.0 Å². The summed E-state index contributed by atoms with van der Waals surface area (Å²) in [4.78, 5) is 22.3. The molecule has 5 heteroatoms. The summed E-state index contributed by atoms with van der Waals surface area (Å²) in [7, 11) is 0. The molecule has 1 fully saturated rings. The molecule has 1 saturated heterocycles. The second-order valence-corrected chi connectivity index (χ2v) is 7.52. The number of hydrogen-bond acceptors (Lipinski definition) is 3. The number of carbonyl (C=O) groups is 1. The van der Waals surface area contributed by atoms with Crippen molar-refractivity contribution in [2.24, 2.45) is 0 Å². The number of benzene rings is 1. The van der Waals surface area contributed by atoms with E-state index in [9.17, 15) is 4.79 Å². The fourth-order valence-electron chi connectivity index (χ4n) is 3.34. The van der Waals surface area contributed by atoms with Gasteiger partial charge in [0.25, 0.3) is 5.91 Å². The third-order valence-corrected chi connectivity index (χ3v) is 5.59. The molecule has 0 spiro atoms. The SMILES string of the molecule is Cc1ccc(-c2nc(-c3c[nH]c(C(=O)N4CCCC4)c3)cs2)c(C)c1. The first-order chi connectivity index (χ1) is 12.1. The van der Waals surface area contributed by atoms with Crippen molar-refractivity contribution in [2.45, 2.75) is 26.7 Å². The smallest absolute Gasteiger partial charge is 0.270 e. The summed E-state index contributed by atoms with van der Waals surface area (Å²) < 4.78 is 0. The number of aromatic nitrogens is 2. The maximum atomic E-state index is 12.5. The average Bonchev–Trinajstić information content (AvgIpc) is 3.34. The van der Waals surface area contributed by atoms with E-state index < -0.39 is 0 Å². The Hall–Kier alpha value is -2.40. The van der Waals surface area contributed by atoms with E-state index in [0.717, 1.165) is 42.2 Å². The van der Waals surface area contributed by atoms with Gasteiger partial charge in [0.15, 0.2) is 0 Å². The van der Waals surface area contributed by atoms with E-state index >= 15 is 0 Å². The number of rotatable bonds is 3. The molecule has 0 atom stereocenters. The number of nitrogens with zero attached hydrogens (tertiary/aromatic N) is 2. The minimum Gasteiger partial charge on any atom is -0.357 e. The summed E-state index contributed by atoms with van der Waals surface area (Å²) in [6, 6.07) is 8.35. The number of H-pyrrole nitrogens is 1. The van der Waals surface area contributed by atoms with Crippen LogP contribution in [0.5, 0.6) is 0 Å². The Balaban J connectivity index is 1.59. The number of thiazole rings is 1. The van der Waals surface area contributed by atoms with Crippen LogP contribution in [-0.4, -0.2) is 33.9 Å². The van der Waals surface area contributed by atoms with Gasteiger partial charge in [0.2, 0.25) is 0 Å². The molecular formula is C20H21N3OS. The first-order valence-corrected chi connectivity index (χ1v) is 9.51. The zero-order valence-corrected chi connectivity index (χ0v) is 15.3. The van der Waals surface area contributed by atoms with Crippen molar-refractivity contribution in [3.63, 3.8) is 0 Å². The quantitative estimate of drug-likeness (QED) is 0.746. The van der Waals surface area contributed by atoms with Crippen LogP contribution in [0.1, 0.15) is 34.5 Å². The van der Waals surface area contributed by atoms with Gasteiger partial charge in [-0.3, -0.25) is 4.79 Å². The largest absolute Gasteiger partial charge is 0.357 e. The standard InChI is InChI=1S/C20H21N3OS/c1-13-5-6-16(14(2)9-13)19-22-18(12-25-19)15-10-17(21-11-15)20(24)23-7-3-4-8-23/h5-6,9-12,21H,3-4,7-8H2,1-2H3. The van der Waals surface area contributed by atoms with Gasteiger partial charge in [-0.25, -0.2) is 4.98 Å². The Morgan fingerprint density at radius 2 is 2.00 bits per heavy atom. The number of amides is 1. The van der Waals surface area contributed by atoms with Crippen molar-refractivity contribution in [1.82, 2.24) is 14.9 Å². The van der Waals surface area contributed by atoms with Gasteiger partial charge in [-0.05, 0) is 38.3 Å². The molecule has 4 rings (SSSR count). The highest BCUT2D eigenvalue weighted by Crippen LogP contribution is 2.31. The monoisotopic (exact) mass is 351 g/mol. The van der Waals surface area contributed by atoms with Gasteiger partial charge in [-0.2, -0.15) is 0 Å². The fraction of sp³-hybridized carbons (Fsp3) is 0.300. The normalized spacial score (nSPS) is 14.2. The van der Waals surface area contributed by atoms with Crippen molar-refractivity contribution in [2.75, 3.05) is 13.1 Å². The van der Waals surface area contributed by atoms with E-state index in [1.807, 2.05) is 17.2 Å². The van der Waals surface area contributed by atoms with Gasteiger partial charge in [0, 0.05) is 35.8 Å². The molecule has 0 bridgehead atoms. The molecule has 4 nitrogen and oxygen atoms in total. The van der Waals surface area contributed by atoms with Crippen LogP contribution in [0.2, 0.25) is 0 Å².